The largest absolute Gasteiger partial charge is 0.494 e. The maximum Gasteiger partial charge on any atom is 0.119 e. The van der Waals surface area contributed by atoms with E-state index in [9.17, 15) is 0 Å². The lowest BCUT2D eigenvalue weighted by molar-refractivity contribution is 0.259. The monoisotopic (exact) mass is 400 g/mol. The van der Waals surface area contributed by atoms with Crippen molar-refractivity contribution in [3.8, 4) is 17.0 Å². The Hall–Kier alpha value is -1.61. The van der Waals surface area contributed by atoms with E-state index in [1.807, 2.05) is 12.1 Å². The SMILES string of the molecule is CCCCOc1ccc(-c2ccc(CC[C@H]3CC[C@H](CCCl)CC3)nn2)cc1. The molecule has 1 heterocycles. The molecule has 0 amide bonds. The van der Waals surface area contributed by atoms with Crippen molar-refractivity contribution in [2.75, 3.05) is 12.5 Å². The lowest BCUT2D eigenvalue weighted by Crippen LogP contribution is -2.15. The first-order valence-corrected chi connectivity index (χ1v) is 11.4. The van der Waals surface area contributed by atoms with Gasteiger partial charge in [0, 0.05) is 11.4 Å². The van der Waals surface area contributed by atoms with Gasteiger partial charge in [-0.25, -0.2) is 0 Å². The van der Waals surface area contributed by atoms with E-state index in [0.717, 1.165) is 66.3 Å². The van der Waals surface area contributed by atoms with Gasteiger partial charge in [0.2, 0.25) is 0 Å². The molecular weight excluding hydrogens is 368 g/mol. The molecule has 3 nitrogen and oxygen atoms in total. The standard InChI is InChI=1S/C24H33ClN2O/c1-2-3-18-28-23-13-9-21(10-14-23)24-15-12-22(26-27-24)11-8-19-4-6-20(7-5-19)16-17-25/h9-10,12-15,19-20H,2-8,11,16-18H2,1H3/t19-,20-. The Labute approximate surface area is 174 Å². The molecule has 1 saturated carbocycles. The van der Waals surface area contributed by atoms with Gasteiger partial charge >= 0.3 is 0 Å². The maximum atomic E-state index is 5.88. The molecule has 28 heavy (non-hydrogen) atoms. The minimum atomic E-state index is 0.776. The van der Waals surface area contributed by atoms with Crippen molar-refractivity contribution in [1.29, 1.82) is 0 Å². The van der Waals surface area contributed by atoms with Crippen LogP contribution in [0.25, 0.3) is 11.3 Å². The summed E-state index contributed by atoms with van der Waals surface area (Å²) in [5.74, 6) is 3.43. The highest BCUT2D eigenvalue weighted by atomic mass is 35.5. The lowest BCUT2D eigenvalue weighted by atomic mass is 9.79. The van der Waals surface area contributed by atoms with Crippen molar-refractivity contribution >= 4 is 11.6 Å². The molecule has 0 N–H and O–H groups in total. The number of unbranched alkanes of at least 4 members (excludes halogenated alkanes) is 1. The molecule has 4 heteroatoms. The van der Waals surface area contributed by atoms with Crippen molar-refractivity contribution in [3.05, 3.63) is 42.1 Å². The fraction of sp³-hybridized carbons (Fsp3) is 0.583. The van der Waals surface area contributed by atoms with E-state index in [4.69, 9.17) is 16.3 Å². The van der Waals surface area contributed by atoms with Gasteiger partial charge in [0.25, 0.3) is 0 Å². The van der Waals surface area contributed by atoms with Crippen LogP contribution in [-0.2, 0) is 6.42 Å². The van der Waals surface area contributed by atoms with Crippen molar-refractivity contribution < 1.29 is 4.74 Å². The average molecular weight is 401 g/mol. The van der Waals surface area contributed by atoms with Gasteiger partial charge in [-0.15, -0.1) is 11.6 Å². The molecule has 1 fully saturated rings. The second kappa shape index (κ2) is 11.4. The van der Waals surface area contributed by atoms with Crippen molar-refractivity contribution in [1.82, 2.24) is 10.2 Å². The summed E-state index contributed by atoms with van der Waals surface area (Å²) in [6.07, 6.45) is 11.1. The Kier molecular flexibility index (Phi) is 8.60. The normalized spacial score (nSPS) is 19.5. The molecule has 0 saturated heterocycles. The summed E-state index contributed by atoms with van der Waals surface area (Å²) in [5.41, 5.74) is 3.11. The zero-order valence-corrected chi connectivity index (χ0v) is 17.8. The summed E-state index contributed by atoms with van der Waals surface area (Å²) < 4.78 is 5.72. The summed E-state index contributed by atoms with van der Waals surface area (Å²) in [6.45, 7) is 2.95. The van der Waals surface area contributed by atoms with Gasteiger partial charge in [-0.1, -0.05) is 39.0 Å². The molecule has 0 atom stereocenters. The Bertz CT molecular complexity index is 679. The van der Waals surface area contributed by atoms with Crippen LogP contribution in [0.4, 0.5) is 0 Å². The second-order valence-electron chi connectivity index (χ2n) is 8.04. The van der Waals surface area contributed by atoms with Gasteiger partial charge in [-0.05, 0) is 73.9 Å². The molecule has 1 aliphatic rings. The number of hydrogen-bond donors (Lipinski definition) is 0. The highest BCUT2D eigenvalue weighted by molar-refractivity contribution is 6.17. The first kappa shape index (κ1) is 21.1. The van der Waals surface area contributed by atoms with Crippen LogP contribution in [0.2, 0.25) is 0 Å². The molecule has 1 aromatic carbocycles. The first-order chi connectivity index (χ1) is 13.8. The van der Waals surface area contributed by atoms with E-state index in [2.05, 4.69) is 41.4 Å². The number of nitrogens with zero attached hydrogens (tertiary/aromatic N) is 2. The Morgan fingerprint density at radius 3 is 2.25 bits per heavy atom. The lowest BCUT2D eigenvalue weighted by Gasteiger charge is -2.28. The third kappa shape index (κ3) is 6.48. The zero-order valence-electron chi connectivity index (χ0n) is 17.1. The number of ether oxygens (including phenoxy) is 1. The zero-order chi connectivity index (χ0) is 19.6. The fourth-order valence-corrected chi connectivity index (χ4v) is 4.33. The smallest absolute Gasteiger partial charge is 0.119 e. The van der Waals surface area contributed by atoms with Crippen molar-refractivity contribution in [3.63, 3.8) is 0 Å². The average Bonchev–Trinajstić information content (AvgIpc) is 2.75. The van der Waals surface area contributed by atoms with E-state index in [1.165, 1.54) is 38.5 Å². The van der Waals surface area contributed by atoms with E-state index >= 15 is 0 Å². The number of alkyl halides is 1. The number of aromatic nitrogens is 2. The van der Waals surface area contributed by atoms with Crippen LogP contribution in [0, 0.1) is 11.8 Å². The highest BCUT2D eigenvalue weighted by Crippen LogP contribution is 2.33. The van der Waals surface area contributed by atoms with Crippen LogP contribution in [0.1, 0.15) is 64.0 Å². The van der Waals surface area contributed by atoms with E-state index in [1.54, 1.807) is 0 Å². The number of benzene rings is 1. The second-order valence-corrected chi connectivity index (χ2v) is 8.42. The molecule has 0 spiro atoms. The summed E-state index contributed by atoms with van der Waals surface area (Å²) in [5, 5.41) is 8.92. The van der Waals surface area contributed by atoms with Crippen molar-refractivity contribution in [2.45, 2.75) is 64.7 Å². The van der Waals surface area contributed by atoms with Gasteiger partial charge < -0.3 is 4.74 Å². The third-order valence-electron chi connectivity index (χ3n) is 5.93. The molecule has 0 aliphatic heterocycles. The number of halogens is 1. The molecule has 0 radical (unpaired) electrons. The number of hydrogen-bond acceptors (Lipinski definition) is 3. The fourth-order valence-electron chi connectivity index (χ4n) is 4.02. The predicted octanol–water partition coefficient (Wildman–Crippen LogP) is 6.69. The predicted molar refractivity (Wildman–Crippen MR) is 117 cm³/mol. The third-order valence-corrected chi connectivity index (χ3v) is 6.15. The van der Waals surface area contributed by atoms with Crippen LogP contribution >= 0.6 is 11.6 Å². The molecule has 1 aromatic heterocycles. The van der Waals surface area contributed by atoms with Crippen LogP contribution < -0.4 is 4.74 Å². The van der Waals surface area contributed by atoms with E-state index in [-0.39, 0.29) is 0 Å². The summed E-state index contributed by atoms with van der Waals surface area (Å²) in [7, 11) is 0. The molecule has 1 aliphatic carbocycles. The molecule has 0 bridgehead atoms. The minimum Gasteiger partial charge on any atom is -0.494 e. The summed E-state index contributed by atoms with van der Waals surface area (Å²) in [4.78, 5) is 0. The molecule has 0 unspecified atom stereocenters. The van der Waals surface area contributed by atoms with E-state index < -0.39 is 0 Å². The molecular formula is C24H33ClN2O. The van der Waals surface area contributed by atoms with E-state index in [0.29, 0.717) is 0 Å². The first-order valence-electron chi connectivity index (χ1n) is 10.9. The van der Waals surface area contributed by atoms with Gasteiger partial charge in [-0.2, -0.15) is 10.2 Å². The maximum absolute atomic E-state index is 5.88. The molecule has 2 aromatic rings. The van der Waals surface area contributed by atoms with Crippen LogP contribution in [0.3, 0.4) is 0 Å². The minimum absolute atomic E-state index is 0.776. The van der Waals surface area contributed by atoms with Crippen LogP contribution in [-0.4, -0.2) is 22.7 Å². The number of rotatable bonds is 10. The number of aryl methyl sites for hydroxylation is 1. The van der Waals surface area contributed by atoms with Gasteiger partial charge in [0.15, 0.2) is 0 Å². The molecule has 3 rings (SSSR count). The summed E-state index contributed by atoms with van der Waals surface area (Å²) >= 11 is 5.88. The quantitative estimate of drug-likeness (QED) is 0.329. The van der Waals surface area contributed by atoms with Crippen LogP contribution in [0.15, 0.2) is 36.4 Å². The van der Waals surface area contributed by atoms with Gasteiger partial charge in [0.1, 0.15) is 5.75 Å². The van der Waals surface area contributed by atoms with Crippen LogP contribution in [0.5, 0.6) is 5.75 Å². The van der Waals surface area contributed by atoms with Gasteiger partial charge in [0.05, 0.1) is 18.0 Å². The summed E-state index contributed by atoms with van der Waals surface area (Å²) in [6, 6.07) is 12.4. The van der Waals surface area contributed by atoms with Crippen molar-refractivity contribution in [2.24, 2.45) is 11.8 Å². The Morgan fingerprint density at radius 2 is 1.64 bits per heavy atom. The molecule has 152 valence electrons. The van der Waals surface area contributed by atoms with Gasteiger partial charge in [-0.3, -0.25) is 0 Å². The Morgan fingerprint density at radius 1 is 0.929 bits per heavy atom. The topological polar surface area (TPSA) is 35.0 Å². The Balaban J connectivity index is 1.46. The highest BCUT2D eigenvalue weighted by Gasteiger charge is 2.20.